The Morgan fingerprint density at radius 1 is 1.15 bits per heavy atom. The van der Waals surface area contributed by atoms with Gasteiger partial charge in [-0.25, -0.2) is 0 Å². The number of nitrogens with one attached hydrogen (secondary N) is 1. The van der Waals surface area contributed by atoms with Crippen LogP contribution in [0.4, 0.5) is 0 Å². The third-order valence-electron chi connectivity index (χ3n) is 3.12. The van der Waals surface area contributed by atoms with E-state index in [1.54, 1.807) is 17.8 Å². The highest BCUT2D eigenvalue weighted by molar-refractivity contribution is 7.98. The molecular weight excluding hydrogens is 313 g/mol. The molecule has 0 aliphatic heterocycles. The lowest BCUT2D eigenvalue weighted by Crippen LogP contribution is -2.14. The number of hydrogen-bond donors (Lipinski definition) is 1. The van der Waals surface area contributed by atoms with Crippen LogP contribution in [0.1, 0.15) is 24.4 Å². The van der Waals surface area contributed by atoms with Crippen molar-refractivity contribution >= 4 is 35.0 Å². The summed E-state index contributed by atoms with van der Waals surface area (Å²) in [6, 6.07) is 10.2. The molecule has 2 aromatic rings. The molecule has 3 rings (SSSR count). The molecule has 1 aromatic carbocycles. The molecule has 0 radical (unpaired) electrons. The SMILES string of the molecule is Clc1ccc(Cl)c(SCc2ccc(CNC3CC3)o2)c1. The Morgan fingerprint density at radius 3 is 2.75 bits per heavy atom. The van der Waals surface area contributed by atoms with Crippen molar-refractivity contribution in [2.45, 2.75) is 36.1 Å². The van der Waals surface area contributed by atoms with E-state index in [4.69, 9.17) is 27.6 Å². The van der Waals surface area contributed by atoms with Crippen molar-refractivity contribution in [2.24, 2.45) is 0 Å². The molecule has 1 fully saturated rings. The van der Waals surface area contributed by atoms with Crippen molar-refractivity contribution in [3.8, 4) is 0 Å². The molecule has 1 aliphatic carbocycles. The molecule has 5 heteroatoms. The van der Waals surface area contributed by atoms with Gasteiger partial charge >= 0.3 is 0 Å². The van der Waals surface area contributed by atoms with Gasteiger partial charge in [-0.1, -0.05) is 23.2 Å². The Kier molecular flexibility index (Phi) is 4.61. The first-order valence-electron chi connectivity index (χ1n) is 6.59. The topological polar surface area (TPSA) is 25.2 Å². The zero-order valence-corrected chi connectivity index (χ0v) is 13.2. The van der Waals surface area contributed by atoms with E-state index in [0.717, 1.165) is 33.7 Å². The van der Waals surface area contributed by atoms with E-state index in [-0.39, 0.29) is 0 Å². The predicted molar refractivity (Wildman–Crippen MR) is 84.6 cm³/mol. The summed E-state index contributed by atoms with van der Waals surface area (Å²) in [5.41, 5.74) is 0. The normalized spacial score (nSPS) is 14.7. The lowest BCUT2D eigenvalue weighted by Gasteiger charge is -2.03. The molecule has 1 heterocycles. The summed E-state index contributed by atoms with van der Waals surface area (Å²) in [5.74, 6) is 2.70. The standard InChI is InChI=1S/C15H15Cl2NOS/c16-10-1-6-14(17)15(7-10)20-9-13-5-4-12(19-13)8-18-11-2-3-11/h1,4-7,11,18H,2-3,8-9H2. The lowest BCUT2D eigenvalue weighted by atomic mass is 10.4. The highest BCUT2D eigenvalue weighted by Gasteiger charge is 2.20. The van der Waals surface area contributed by atoms with E-state index in [2.05, 4.69) is 5.32 Å². The van der Waals surface area contributed by atoms with Crippen LogP contribution in [-0.4, -0.2) is 6.04 Å². The van der Waals surface area contributed by atoms with E-state index >= 15 is 0 Å². The van der Waals surface area contributed by atoms with Gasteiger partial charge in [0, 0.05) is 16.0 Å². The van der Waals surface area contributed by atoms with Gasteiger partial charge in [0.25, 0.3) is 0 Å². The van der Waals surface area contributed by atoms with Gasteiger partial charge in [0.05, 0.1) is 17.3 Å². The second-order valence-corrected chi connectivity index (χ2v) is 6.75. The molecule has 0 saturated heterocycles. The van der Waals surface area contributed by atoms with E-state index in [1.165, 1.54) is 12.8 Å². The van der Waals surface area contributed by atoms with Crippen LogP contribution in [0.25, 0.3) is 0 Å². The van der Waals surface area contributed by atoms with Crippen LogP contribution in [0.3, 0.4) is 0 Å². The van der Waals surface area contributed by atoms with Crippen molar-refractivity contribution in [1.82, 2.24) is 5.32 Å². The molecule has 1 aromatic heterocycles. The summed E-state index contributed by atoms with van der Waals surface area (Å²) in [5, 5.41) is 4.86. The molecule has 106 valence electrons. The molecule has 1 saturated carbocycles. The molecule has 0 bridgehead atoms. The summed E-state index contributed by atoms with van der Waals surface area (Å²) in [6.07, 6.45) is 2.58. The zero-order valence-electron chi connectivity index (χ0n) is 10.9. The highest BCUT2D eigenvalue weighted by atomic mass is 35.5. The van der Waals surface area contributed by atoms with Gasteiger partial charge in [0.2, 0.25) is 0 Å². The molecule has 1 N–H and O–H groups in total. The summed E-state index contributed by atoms with van der Waals surface area (Å²) in [6.45, 7) is 0.813. The van der Waals surface area contributed by atoms with E-state index in [1.807, 2.05) is 24.3 Å². The van der Waals surface area contributed by atoms with Gasteiger partial charge in [0.15, 0.2) is 0 Å². The van der Waals surface area contributed by atoms with Gasteiger partial charge in [-0.15, -0.1) is 11.8 Å². The molecule has 2 nitrogen and oxygen atoms in total. The quantitative estimate of drug-likeness (QED) is 0.744. The van der Waals surface area contributed by atoms with Gasteiger partial charge in [0.1, 0.15) is 11.5 Å². The molecule has 0 amide bonds. The van der Waals surface area contributed by atoms with Gasteiger partial charge in [-0.05, 0) is 43.2 Å². The third-order valence-corrected chi connectivity index (χ3v) is 4.88. The van der Waals surface area contributed by atoms with Crippen LogP contribution in [0.2, 0.25) is 10.0 Å². The number of hydrogen-bond acceptors (Lipinski definition) is 3. The summed E-state index contributed by atoms with van der Waals surface area (Å²) < 4.78 is 5.79. The minimum Gasteiger partial charge on any atom is -0.464 e. The van der Waals surface area contributed by atoms with E-state index in [0.29, 0.717) is 11.1 Å². The molecular formula is C15H15Cl2NOS. The summed E-state index contributed by atoms with van der Waals surface area (Å²) in [7, 11) is 0. The molecule has 20 heavy (non-hydrogen) atoms. The van der Waals surface area contributed by atoms with Crippen molar-refractivity contribution in [1.29, 1.82) is 0 Å². The van der Waals surface area contributed by atoms with Crippen LogP contribution in [0.5, 0.6) is 0 Å². The number of halogens is 2. The summed E-state index contributed by atoms with van der Waals surface area (Å²) in [4.78, 5) is 0.980. The first-order chi connectivity index (χ1) is 9.70. The maximum Gasteiger partial charge on any atom is 0.118 e. The van der Waals surface area contributed by atoms with Gasteiger partial charge in [-0.3, -0.25) is 0 Å². The fourth-order valence-corrected chi connectivity index (χ4v) is 3.25. The van der Waals surface area contributed by atoms with Gasteiger partial charge in [-0.2, -0.15) is 0 Å². The fraction of sp³-hybridized carbons (Fsp3) is 0.333. The molecule has 0 spiro atoms. The molecule has 1 aliphatic rings. The Hall–Kier alpha value is -0.610. The van der Waals surface area contributed by atoms with Crippen molar-refractivity contribution in [2.75, 3.05) is 0 Å². The largest absolute Gasteiger partial charge is 0.464 e. The van der Waals surface area contributed by atoms with Gasteiger partial charge < -0.3 is 9.73 Å². The maximum absolute atomic E-state index is 6.14. The van der Waals surface area contributed by atoms with Crippen molar-refractivity contribution in [3.63, 3.8) is 0 Å². The molecule has 0 atom stereocenters. The van der Waals surface area contributed by atoms with Crippen LogP contribution < -0.4 is 5.32 Å². The highest BCUT2D eigenvalue weighted by Crippen LogP contribution is 2.32. The maximum atomic E-state index is 6.14. The minimum absolute atomic E-state index is 0.697. The van der Waals surface area contributed by atoms with Crippen LogP contribution in [0.15, 0.2) is 39.6 Å². The van der Waals surface area contributed by atoms with Crippen LogP contribution >= 0.6 is 35.0 Å². The second-order valence-electron chi connectivity index (χ2n) is 4.89. The smallest absolute Gasteiger partial charge is 0.118 e. The van der Waals surface area contributed by atoms with Crippen LogP contribution in [-0.2, 0) is 12.3 Å². The Bertz CT molecular complexity index is 595. The Balaban J connectivity index is 1.55. The monoisotopic (exact) mass is 327 g/mol. The summed E-state index contributed by atoms with van der Waals surface area (Å²) >= 11 is 13.7. The first kappa shape index (κ1) is 14.3. The average Bonchev–Trinajstić information content (AvgIpc) is 3.16. The number of rotatable bonds is 6. The van der Waals surface area contributed by atoms with Crippen molar-refractivity contribution in [3.05, 3.63) is 51.9 Å². The van der Waals surface area contributed by atoms with E-state index < -0.39 is 0 Å². The zero-order chi connectivity index (χ0) is 13.9. The Morgan fingerprint density at radius 2 is 1.95 bits per heavy atom. The number of thioether (sulfide) groups is 1. The minimum atomic E-state index is 0.697. The van der Waals surface area contributed by atoms with E-state index in [9.17, 15) is 0 Å². The third kappa shape index (κ3) is 3.95. The number of benzene rings is 1. The van der Waals surface area contributed by atoms with Crippen LogP contribution in [0, 0.1) is 0 Å². The number of furan rings is 1. The Labute approximate surface area is 132 Å². The first-order valence-corrected chi connectivity index (χ1v) is 8.34. The fourth-order valence-electron chi connectivity index (χ4n) is 1.86. The predicted octanol–water partition coefficient (Wildman–Crippen LogP) is 5.13. The second kappa shape index (κ2) is 6.44. The lowest BCUT2D eigenvalue weighted by molar-refractivity contribution is 0.458. The average molecular weight is 328 g/mol. The van der Waals surface area contributed by atoms with Crippen molar-refractivity contribution < 1.29 is 4.42 Å². The molecule has 0 unspecified atom stereocenters.